The van der Waals surface area contributed by atoms with Crippen molar-refractivity contribution >= 4 is 42.9 Å². The van der Waals surface area contributed by atoms with Crippen molar-refractivity contribution in [2.45, 2.75) is 120 Å². The van der Waals surface area contributed by atoms with Crippen LogP contribution < -0.4 is 17.0 Å². The van der Waals surface area contributed by atoms with Gasteiger partial charge in [0.2, 0.25) is 8.32 Å². The Morgan fingerprint density at radius 2 is 1.29 bits per heavy atom. The summed E-state index contributed by atoms with van der Waals surface area (Å²) >= 11 is 0. The molecule has 6 aliphatic rings. The van der Waals surface area contributed by atoms with Crippen molar-refractivity contribution in [3.05, 3.63) is 105 Å². The first-order valence-corrected chi connectivity index (χ1v) is 20.8. The molecule has 284 valence electrons. The standard InChI is InChI=1S/C16H26OSi.C13H18O.C10H12O.C3H5.3CH4.BrH.Mg/c1-6-9-13-12-15(17-18(3,4)5)16(2)11-8-7-10-14(13)16;1-3-6-10-9-12(14)13(2)8-5-4-7-11(10)13;1-10-7-3-2-4-8(10)5-6-9(10)11;1-3-2;;;;;/h6-8,12-14H,1,9-11H2,2-5H3;3-5,10-11H,1,6-9H2,2H3;2-3,5-6,8H,4,7H2,1H3;3H,1-2H2;3*1H4;1H;/q;;;-1;;;;;+2/p-1/t13-,14-,16+;10-,11-,13+;8-,10+;;;;;;/m111....../s1. The average molecular weight is 794 g/mol. The van der Waals surface area contributed by atoms with Crippen LogP contribution in [0.15, 0.2) is 98.4 Å². The quantitative estimate of drug-likeness (QED) is 0.153. The zero-order valence-corrected chi connectivity index (χ0v) is 34.8. The molecule has 8 atom stereocenters. The Bertz CT molecular complexity index is 1290. The molecule has 0 heterocycles. The van der Waals surface area contributed by atoms with Gasteiger partial charge >= 0.3 is 23.1 Å². The van der Waals surface area contributed by atoms with E-state index in [1.165, 1.54) is 18.3 Å². The zero-order valence-electron chi connectivity index (χ0n) is 30.8. The SMILES string of the molecule is C.C.C.C=CC[C@@H]1C=C(O[Si](C)(C)C)[C@@]2(C)CC=CC[C@H]12.C=CC[C@@H]1CC(=O)[C@@]2(C)CC=CC[C@H]12.C=C[CH2-].C[C@]12CC=CC[C@@H]1C=CC2=O.[Br-].[Mg+2]. The van der Waals surface area contributed by atoms with Crippen LogP contribution in [0.3, 0.4) is 0 Å². The van der Waals surface area contributed by atoms with Crippen LogP contribution in [0.25, 0.3) is 0 Å². The second-order valence-corrected chi connectivity index (χ2v) is 20.1. The number of carbonyl (C=O) groups is 2. The van der Waals surface area contributed by atoms with Gasteiger partial charge in [0.15, 0.2) is 5.78 Å². The number of fused-ring (bicyclic) bond motifs is 3. The van der Waals surface area contributed by atoms with Crippen LogP contribution in [0.5, 0.6) is 0 Å². The average Bonchev–Trinajstić information content (AvgIpc) is 3.55. The minimum Gasteiger partial charge on any atom is -1.00 e. The van der Waals surface area contributed by atoms with Crippen molar-refractivity contribution in [3.63, 3.8) is 0 Å². The van der Waals surface area contributed by atoms with Gasteiger partial charge in [0.1, 0.15) is 5.78 Å². The van der Waals surface area contributed by atoms with Crippen molar-refractivity contribution in [1.29, 1.82) is 0 Å². The van der Waals surface area contributed by atoms with E-state index in [1.807, 2.05) is 6.08 Å². The maximum absolute atomic E-state index is 11.9. The number of halogens is 1. The summed E-state index contributed by atoms with van der Waals surface area (Å²) < 4.78 is 6.38. The zero-order chi connectivity index (χ0) is 34.2. The third kappa shape index (κ3) is 12.7. The molecule has 0 amide bonds. The van der Waals surface area contributed by atoms with E-state index in [1.54, 1.807) is 6.08 Å². The van der Waals surface area contributed by atoms with E-state index in [-0.39, 0.29) is 78.6 Å². The van der Waals surface area contributed by atoms with E-state index in [2.05, 4.69) is 122 Å². The Kier molecular flexibility index (Phi) is 24.5. The maximum atomic E-state index is 11.9. The molecule has 0 unspecified atom stereocenters. The van der Waals surface area contributed by atoms with Crippen molar-refractivity contribution < 1.29 is 31.0 Å². The van der Waals surface area contributed by atoms with Crippen molar-refractivity contribution in [3.8, 4) is 0 Å². The van der Waals surface area contributed by atoms with Crippen LogP contribution in [0.4, 0.5) is 0 Å². The fourth-order valence-corrected chi connectivity index (χ4v) is 9.32. The number of ketones is 2. The van der Waals surface area contributed by atoms with Crippen LogP contribution in [-0.4, -0.2) is 42.9 Å². The van der Waals surface area contributed by atoms with Crippen LogP contribution in [0.1, 0.15) is 101 Å². The van der Waals surface area contributed by atoms with Crippen molar-refractivity contribution in [2.24, 2.45) is 45.8 Å². The Labute approximate surface area is 343 Å². The molecular formula is C45H73BrMgO3Si. The topological polar surface area (TPSA) is 43.4 Å². The summed E-state index contributed by atoms with van der Waals surface area (Å²) in [6.45, 7) is 27.6. The number of allylic oxidation sites excluding steroid dienone is 13. The summed E-state index contributed by atoms with van der Waals surface area (Å²) in [6, 6.07) is 0. The second-order valence-electron chi connectivity index (χ2n) is 15.7. The first-order valence-electron chi connectivity index (χ1n) is 17.4. The predicted octanol–water partition coefficient (Wildman–Crippen LogP) is 9.66. The van der Waals surface area contributed by atoms with Gasteiger partial charge in [-0.05, 0) is 113 Å². The van der Waals surface area contributed by atoms with Gasteiger partial charge in [0, 0.05) is 22.7 Å². The molecule has 6 heteroatoms. The largest absolute Gasteiger partial charge is 2.00 e. The Hall–Kier alpha value is -1.61. The van der Waals surface area contributed by atoms with Gasteiger partial charge in [0.05, 0.1) is 5.76 Å². The van der Waals surface area contributed by atoms with E-state index < -0.39 is 8.32 Å². The van der Waals surface area contributed by atoms with Gasteiger partial charge in [-0.3, -0.25) is 9.59 Å². The summed E-state index contributed by atoms with van der Waals surface area (Å²) in [6.07, 6.45) is 34.3. The van der Waals surface area contributed by atoms with E-state index in [9.17, 15) is 9.59 Å². The minimum atomic E-state index is -1.52. The van der Waals surface area contributed by atoms with Gasteiger partial charge in [-0.2, -0.15) is 0 Å². The summed E-state index contributed by atoms with van der Waals surface area (Å²) in [4.78, 5) is 23.4. The molecule has 51 heavy (non-hydrogen) atoms. The summed E-state index contributed by atoms with van der Waals surface area (Å²) in [5.74, 6) is 4.96. The maximum Gasteiger partial charge on any atom is 2.00 e. The molecule has 0 aromatic rings. The third-order valence-electron chi connectivity index (χ3n) is 11.2. The Morgan fingerprint density at radius 3 is 1.80 bits per heavy atom. The molecule has 1 saturated carbocycles. The van der Waals surface area contributed by atoms with Gasteiger partial charge in [0.25, 0.3) is 0 Å². The molecule has 0 radical (unpaired) electrons. The van der Waals surface area contributed by atoms with Gasteiger partial charge in [-0.15, -0.1) is 13.2 Å². The molecule has 6 rings (SSSR count). The molecule has 0 aromatic carbocycles. The Morgan fingerprint density at radius 1 is 0.804 bits per heavy atom. The van der Waals surface area contributed by atoms with Crippen molar-refractivity contribution in [1.82, 2.24) is 0 Å². The fourth-order valence-electron chi connectivity index (χ4n) is 8.36. The van der Waals surface area contributed by atoms with Gasteiger partial charge < -0.3 is 21.4 Å². The van der Waals surface area contributed by atoms with E-state index >= 15 is 0 Å². The van der Waals surface area contributed by atoms with Crippen LogP contribution in [-0.2, 0) is 14.0 Å². The molecule has 1 fully saturated rings. The molecule has 0 aromatic heterocycles. The molecular weight excluding hydrogens is 721 g/mol. The Balaban J connectivity index is -0.000000635. The van der Waals surface area contributed by atoms with Gasteiger partial charge in [-0.25, -0.2) is 19.6 Å². The number of rotatable bonds is 6. The van der Waals surface area contributed by atoms with E-state index in [4.69, 9.17) is 4.43 Å². The number of hydrogen-bond donors (Lipinski definition) is 0. The number of hydrogen-bond acceptors (Lipinski definition) is 3. The summed E-state index contributed by atoms with van der Waals surface area (Å²) in [5, 5.41) is 0. The molecule has 3 nitrogen and oxygen atoms in total. The van der Waals surface area contributed by atoms with Crippen molar-refractivity contribution in [2.75, 3.05) is 0 Å². The van der Waals surface area contributed by atoms with E-state index in [0.29, 0.717) is 41.2 Å². The number of Topliss-reactive ketones (excluding diaryl/α,β-unsaturated/α-hetero) is 1. The van der Waals surface area contributed by atoms with Crippen LogP contribution in [0.2, 0.25) is 19.6 Å². The van der Waals surface area contributed by atoms with Crippen LogP contribution >= 0.6 is 0 Å². The first-order chi connectivity index (χ1) is 21.7. The third-order valence-corrected chi connectivity index (χ3v) is 12.0. The fraction of sp³-hybridized carbons (Fsp3) is 0.578. The molecule has 0 spiro atoms. The summed E-state index contributed by atoms with van der Waals surface area (Å²) in [5.41, 5.74) is 0.0832. The summed E-state index contributed by atoms with van der Waals surface area (Å²) in [7, 11) is -1.52. The first kappa shape index (κ1) is 53.7. The number of carbonyl (C=O) groups excluding carboxylic acids is 2. The second kappa shape index (κ2) is 23.2. The minimum absolute atomic E-state index is 0. The molecule has 0 saturated heterocycles. The monoisotopic (exact) mass is 792 g/mol. The predicted molar refractivity (Wildman–Crippen MR) is 224 cm³/mol. The normalized spacial score (nSPS) is 32.7. The van der Waals surface area contributed by atoms with E-state index in [0.717, 1.165) is 51.4 Å². The molecule has 6 aliphatic carbocycles. The molecule has 0 bridgehead atoms. The smallest absolute Gasteiger partial charge is 1.00 e. The van der Waals surface area contributed by atoms with Crippen LogP contribution in [0, 0.1) is 52.8 Å². The van der Waals surface area contributed by atoms with Gasteiger partial charge in [-0.1, -0.05) is 97.7 Å². The molecule has 0 aliphatic heterocycles. The molecule has 0 N–H and O–H groups in total.